The van der Waals surface area contributed by atoms with Gasteiger partial charge in [-0.25, -0.2) is 13.2 Å². The van der Waals surface area contributed by atoms with Gasteiger partial charge in [-0.3, -0.25) is 4.79 Å². The van der Waals surface area contributed by atoms with Crippen LogP contribution in [0.25, 0.3) is 0 Å². The second-order valence-corrected chi connectivity index (χ2v) is 10.1. The number of hydrogen-bond acceptors (Lipinski definition) is 6. The van der Waals surface area contributed by atoms with Crippen molar-refractivity contribution in [2.24, 2.45) is 0 Å². The number of hydrogen-bond donors (Lipinski definition) is 0. The quantitative estimate of drug-likeness (QED) is 0.486. The molecule has 0 aliphatic carbocycles. The molecule has 0 bridgehead atoms. The number of aryl methyl sites for hydroxylation is 1. The standard InChI is InChI=1S/C21H25NO5S2/c1-2-17-10-11-20(28-17)19(23)15-27-21(24)16-8-7-9-18(14-16)29(25,26)22-12-5-3-4-6-13-22/h7-11,14H,2-6,12-13,15H2,1H3. The molecule has 0 N–H and O–H groups in total. The Balaban J connectivity index is 1.68. The molecule has 2 aromatic rings. The van der Waals surface area contributed by atoms with Crippen molar-refractivity contribution < 1.29 is 22.7 Å². The normalized spacial score (nSPS) is 15.6. The first-order valence-corrected chi connectivity index (χ1v) is 12.1. The van der Waals surface area contributed by atoms with Gasteiger partial charge in [0.05, 0.1) is 15.3 Å². The zero-order valence-corrected chi connectivity index (χ0v) is 18.1. The number of esters is 1. The molecule has 0 spiro atoms. The van der Waals surface area contributed by atoms with Crippen LogP contribution in [0.5, 0.6) is 0 Å². The van der Waals surface area contributed by atoms with Gasteiger partial charge in [-0.15, -0.1) is 11.3 Å². The number of sulfonamides is 1. The van der Waals surface area contributed by atoms with Crippen LogP contribution in [-0.4, -0.2) is 44.2 Å². The van der Waals surface area contributed by atoms with E-state index in [4.69, 9.17) is 4.74 Å². The molecule has 1 saturated heterocycles. The van der Waals surface area contributed by atoms with Gasteiger partial charge in [0, 0.05) is 18.0 Å². The third kappa shape index (κ3) is 5.32. The molecule has 6 nitrogen and oxygen atoms in total. The molecular weight excluding hydrogens is 410 g/mol. The van der Waals surface area contributed by atoms with E-state index in [1.807, 2.05) is 13.0 Å². The summed E-state index contributed by atoms with van der Waals surface area (Å²) in [5, 5.41) is 0. The SMILES string of the molecule is CCc1ccc(C(=O)COC(=O)c2cccc(S(=O)(=O)N3CCCCCC3)c2)s1. The van der Waals surface area contributed by atoms with E-state index in [2.05, 4.69) is 0 Å². The summed E-state index contributed by atoms with van der Waals surface area (Å²) in [6.07, 6.45) is 4.57. The van der Waals surface area contributed by atoms with Crippen molar-refractivity contribution >= 4 is 33.1 Å². The zero-order chi connectivity index (χ0) is 20.9. The van der Waals surface area contributed by atoms with Crippen LogP contribution in [0.2, 0.25) is 0 Å². The van der Waals surface area contributed by atoms with Gasteiger partial charge < -0.3 is 4.74 Å². The molecule has 1 aromatic heterocycles. The molecule has 0 atom stereocenters. The molecular formula is C21H25NO5S2. The number of benzene rings is 1. The lowest BCUT2D eigenvalue weighted by atomic mass is 10.2. The van der Waals surface area contributed by atoms with Crippen LogP contribution in [0.1, 0.15) is 57.5 Å². The lowest BCUT2D eigenvalue weighted by molar-refractivity contribution is 0.0475. The summed E-state index contributed by atoms with van der Waals surface area (Å²) in [7, 11) is -3.66. The van der Waals surface area contributed by atoms with Crippen LogP contribution in [0.15, 0.2) is 41.3 Å². The number of nitrogens with zero attached hydrogens (tertiary/aromatic N) is 1. The average molecular weight is 436 g/mol. The van der Waals surface area contributed by atoms with E-state index >= 15 is 0 Å². The average Bonchev–Trinajstić information content (AvgIpc) is 3.05. The Morgan fingerprint density at radius 3 is 2.45 bits per heavy atom. The molecule has 0 unspecified atom stereocenters. The van der Waals surface area contributed by atoms with E-state index in [0.29, 0.717) is 18.0 Å². The first-order valence-electron chi connectivity index (χ1n) is 9.81. The van der Waals surface area contributed by atoms with E-state index in [9.17, 15) is 18.0 Å². The first kappa shape index (κ1) is 21.7. The van der Waals surface area contributed by atoms with Gasteiger partial charge >= 0.3 is 5.97 Å². The van der Waals surface area contributed by atoms with Crippen molar-refractivity contribution in [1.82, 2.24) is 4.31 Å². The minimum absolute atomic E-state index is 0.0750. The van der Waals surface area contributed by atoms with Gasteiger partial charge in [0.15, 0.2) is 6.61 Å². The van der Waals surface area contributed by atoms with Crippen molar-refractivity contribution in [3.8, 4) is 0 Å². The maximum Gasteiger partial charge on any atom is 0.338 e. The second-order valence-electron chi connectivity index (χ2n) is 6.96. The Morgan fingerprint density at radius 1 is 1.07 bits per heavy atom. The van der Waals surface area contributed by atoms with Crippen molar-refractivity contribution in [3.63, 3.8) is 0 Å². The summed E-state index contributed by atoms with van der Waals surface area (Å²) < 4.78 is 32.4. The van der Waals surface area contributed by atoms with Gasteiger partial charge in [-0.1, -0.05) is 25.8 Å². The van der Waals surface area contributed by atoms with Crippen LogP contribution < -0.4 is 0 Å². The summed E-state index contributed by atoms with van der Waals surface area (Å²) in [5.41, 5.74) is 0.120. The maximum atomic E-state index is 12.9. The van der Waals surface area contributed by atoms with Gasteiger partial charge in [0.25, 0.3) is 0 Å². The summed E-state index contributed by atoms with van der Waals surface area (Å²) in [6.45, 7) is 2.62. The van der Waals surface area contributed by atoms with Crippen LogP contribution >= 0.6 is 11.3 Å². The van der Waals surface area contributed by atoms with Crippen LogP contribution in [0.4, 0.5) is 0 Å². The van der Waals surface area contributed by atoms with Gasteiger partial charge in [-0.05, 0) is 49.6 Å². The summed E-state index contributed by atoms with van der Waals surface area (Å²) in [6, 6.07) is 9.45. The lowest BCUT2D eigenvalue weighted by Gasteiger charge is -2.20. The molecule has 0 amide bonds. The minimum atomic E-state index is -3.66. The topological polar surface area (TPSA) is 80.8 Å². The highest BCUT2D eigenvalue weighted by Crippen LogP contribution is 2.22. The smallest absolute Gasteiger partial charge is 0.338 e. The molecule has 29 heavy (non-hydrogen) atoms. The fourth-order valence-corrected chi connectivity index (χ4v) is 5.65. The molecule has 8 heteroatoms. The number of carbonyl (C=O) groups excluding carboxylic acids is 2. The Hall–Kier alpha value is -2.03. The number of ether oxygens (including phenoxy) is 1. The van der Waals surface area contributed by atoms with Gasteiger partial charge in [0.2, 0.25) is 15.8 Å². The van der Waals surface area contributed by atoms with Crippen LogP contribution in [0, 0.1) is 0 Å². The van der Waals surface area contributed by atoms with E-state index in [1.165, 1.54) is 39.9 Å². The van der Waals surface area contributed by atoms with Crippen LogP contribution in [-0.2, 0) is 21.2 Å². The van der Waals surface area contributed by atoms with Crippen molar-refractivity contribution in [2.75, 3.05) is 19.7 Å². The van der Waals surface area contributed by atoms with Gasteiger partial charge in [0.1, 0.15) is 0 Å². The first-order chi connectivity index (χ1) is 13.9. The summed E-state index contributed by atoms with van der Waals surface area (Å²) in [4.78, 5) is 26.3. The van der Waals surface area contributed by atoms with E-state index in [-0.39, 0.29) is 22.8 Å². The monoisotopic (exact) mass is 435 g/mol. The number of carbonyl (C=O) groups is 2. The predicted molar refractivity (Wildman–Crippen MR) is 112 cm³/mol. The molecule has 1 aliphatic heterocycles. The fourth-order valence-electron chi connectivity index (χ4n) is 3.22. The highest BCUT2D eigenvalue weighted by Gasteiger charge is 2.26. The third-order valence-electron chi connectivity index (χ3n) is 4.89. The zero-order valence-electron chi connectivity index (χ0n) is 16.4. The fraction of sp³-hybridized carbons (Fsp3) is 0.429. The third-order valence-corrected chi connectivity index (χ3v) is 8.06. The Labute approximate surface area is 175 Å². The number of rotatable bonds is 7. The molecule has 1 aromatic carbocycles. The Kier molecular flexibility index (Phi) is 7.21. The van der Waals surface area contributed by atoms with Crippen molar-refractivity contribution in [1.29, 1.82) is 0 Å². The van der Waals surface area contributed by atoms with E-state index in [1.54, 1.807) is 6.07 Å². The lowest BCUT2D eigenvalue weighted by Crippen LogP contribution is -2.32. The van der Waals surface area contributed by atoms with E-state index < -0.39 is 16.0 Å². The predicted octanol–water partition coefficient (Wildman–Crippen LogP) is 3.91. The minimum Gasteiger partial charge on any atom is -0.454 e. The molecule has 1 fully saturated rings. The molecule has 2 heterocycles. The van der Waals surface area contributed by atoms with E-state index in [0.717, 1.165) is 37.0 Å². The van der Waals surface area contributed by atoms with Crippen molar-refractivity contribution in [3.05, 3.63) is 51.7 Å². The largest absolute Gasteiger partial charge is 0.454 e. The second kappa shape index (κ2) is 9.65. The molecule has 0 saturated carbocycles. The number of ketones is 1. The van der Waals surface area contributed by atoms with Crippen molar-refractivity contribution in [2.45, 2.75) is 43.9 Å². The molecule has 1 aliphatic rings. The number of thiophene rings is 1. The highest BCUT2D eigenvalue weighted by molar-refractivity contribution is 7.89. The molecule has 156 valence electrons. The van der Waals surface area contributed by atoms with Crippen LogP contribution in [0.3, 0.4) is 0 Å². The maximum absolute atomic E-state index is 12.9. The Bertz CT molecular complexity index is 972. The highest BCUT2D eigenvalue weighted by atomic mass is 32.2. The molecule has 3 rings (SSSR count). The Morgan fingerprint density at radius 2 is 1.79 bits per heavy atom. The number of Topliss-reactive ketones (excluding diaryl/α,β-unsaturated/α-hetero) is 1. The summed E-state index contributed by atoms with van der Waals surface area (Å²) >= 11 is 1.39. The van der Waals surface area contributed by atoms with Gasteiger partial charge in [-0.2, -0.15) is 4.31 Å². The molecule has 0 radical (unpaired) electrons. The summed E-state index contributed by atoms with van der Waals surface area (Å²) in [5.74, 6) is -0.977.